The van der Waals surface area contributed by atoms with Crippen LogP contribution in [-0.2, 0) is 16.0 Å². The molecule has 3 heterocycles. The highest BCUT2D eigenvalue weighted by atomic mass is 32.2. The largest absolute Gasteiger partial charge is 0.433 e. The number of sulfone groups is 1. The van der Waals surface area contributed by atoms with Gasteiger partial charge in [-0.15, -0.1) is 0 Å². The number of hydrogen-bond acceptors (Lipinski definition) is 4. The van der Waals surface area contributed by atoms with Crippen LogP contribution in [-0.4, -0.2) is 48.9 Å². The van der Waals surface area contributed by atoms with Gasteiger partial charge in [0, 0.05) is 29.6 Å². The second kappa shape index (κ2) is 6.67. The molecule has 4 fully saturated rings. The molecule has 2 aliphatic heterocycles. The van der Waals surface area contributed by atoms with E-state index < -0.39 is 21.7 Å². The van der Waals surface area contributed by atoms with Crippen LogP contribution < -0.4 is 0 Å². The second-order valence-corrected chi connectivity index (χ2v) is 11.8. The minimum absolute atomic E-state index is 0.00777. The lowest BCUT2D eigenvalue weighted by Gasteiger charge is -2.40. The van der Waals surface area contributed by atoms with E-state index in [2.05, 4.69) is 9.88 Å². The van der Waals surface area contributed by atoms with E-state index in [9.17, 15) is 21.6 Å². The topological polar surface area (TPSA) is 50.3 Å². The minimum Gasteiger partial charge on any atom is -0.300 e. The third kappa shape index (κ3) is 3.82. The highest BCUT2D eigenvalue weighted by Gasteiger charge is 2.53. The van der Waals surface area contributed by atoms with Gasteiger partial charge >= 0.3 is 6.18 Å². The van der Waals surface area contributed by atoms with E-state index in [1.54, 1.807) is 6.07 Å². The summed E-state index contributed by atoms with van der Waals surface area (Å²) in [7, 11) is -2.81. The van der Waals surface area contributed by atoms with Crippen molar-refractivity contribution in [2.75, 3.05) is 24.6 Å². The molecule has 1 spiro atoms. The van der Waals surface area contributed by atoms with Gasteiger partial charge < -0.3 is 0 Å². The molecule has 160 valence electrons. The van der Waals surface area contributed by atoms with Gasteiger partial charge in [-0.05, 0) is 69.0 Å². The van der Waals surface area contributed by atoms with Gasteiger partial charge in [0.1, 0.15) is 5.69 Å². The summed E-state index contributed by atoms with van der Waals surface area (Å²) in [5.74, 6) is 1.17. The van der Waals surface area contributed by atoms with E-state index in [-0.39, 0.29) is 17.3 Å². The van der Waals surface area contributed by atoms with E-state index >= 15 is 0 Å². The fraction of sp³-hybridized carbons (Fsp3) is 0.762. The van der Waals surface area contributed by atoms with E-state index in [1.165, 1.54) is 0 Å². The van der Waals surface area contributed by atoms with Gasteiger partial charge in [-0.25, -0.2) is 13.4 Å². The monoisotopic (exact) mass is 428 g/mol. The molecule has 2 aliphatic carbocycles. The third-order valence-electron chi connectivity index (χ3n) is 7.38. The average Bonchev–Trinajstić information content (AvgIpc) is 3.40. The van der Waals surface area contributed by atoms with Gasteiger partial charge in [-0.1, -0.05) is 6.07 Å². The molecule has 2 saturated carbocycles. The van der Waals surface area contributed by atoms with Gasteiger partial charge in [-0.2, -0.15) is 13.2 Å². The maximum atomic E-state index is 13.1. The Morgan fingerprint density at radius 1 is 1.00 bits per heavy atom. The van der Waals surface area contributed by atoms with E-state index in [4.69, 9.17) is 0 Å². The van der Waals surface area contributed by atoms with Gasteiger partial charge in [0.25, 0.3) is 0 Å². The molecule has 4 nitrogen and oxygen atoms in total. The molecule has 0 radical (unpaired) electrons. The number of pyridine rings is 1. The van der Waals surface area contributed by atoms with Crippen molar-refractivity contribution in [3.63, 3.8) is 0 Å². The Hall–Kier alpha value is -1.15. The molecule has 1 aromatic heterocycles. The van der Waals surface area contributed by atoms with Crippen molar-refractivity contribution in [1.29, 1.82) is 0 Å². The number of alkyl halides is 3. The number of halogens is 3. The second-order valence-electron chi connectivity index (χ2n) is 9.70. The zero-order valence-electron chi connectivity index (χ0n) is 16.4. The van der Waals surface area contributed by atoms with Gasteiger partial charge in [0.05, 0.1) is 11.5 Å². The zero-order chi connectivity index (χ0) is 20.4. The van der Waals surface area contributed by atoms with Gasteiger partial charge in [-0.3, -0.25) is 4.90 Å². The molecule has 8 heteroatoms. The fourth-order valence-corrected chi connectivity index (χ4v) is 8.08. The van der Waals surface area contributed by atoms with Crippen molar-refractivity contribution >= 4 is 9.84 Å². The maximum Gasteiger partial charge on any atom is 0.433 e. The maximum absolute atomic E-state index is 13.1. The summed E-state index contributed by atoms with van der Waals surface area (Å²) in [4.78, 5) is 6.51. The molecule has 0 bridgehead atoms. The van der Waals surface area contributed by atoms with Gasteiger partial charge in [0.2, 0.25) is 0 Å². The van der Waals surface area contributed by atoms with Crippen LogP contribution in [0.2, 0.25) is 0 Å². The Labute approximate surface area is 169 Å². The summed E-state index contributed by atoms with van der Waals surface area (Å²) in [6.45, 7) is 1.86. The van der Waals surface area contributed by atoms with Crippen molar-refractivity contribution in [1.82, 2.24) is 9.88 Å². The van der Waals surface area contributed by atoms with Crippen LogP contribution in [0.1, 0.15) is 73.7 Å². The number of likely N-dealkylation sites (tertiary alicyclic amines) is 1. The predicted octanol–water partition coefficient (Wildman–Crippen LogP) is 4.12. The molecule has 0 N–H and O–H groups in total. The normalized spacial score (nSPS) is 31.7. The summed E-state index contributed by atoms with van der Waals surface area (Å²) >= 11 is 0. The lowest BCUT2D eigenvalue weighted by molar-refractivity contribution is -0.141. The Kier molecular flexibility index (Phi) is 4.55. The number of hydrogen-bond donors (Lipinski definition) is 0. The molecule has 4 aliphatic rings. The molecular formula is C21H27F3N2O2S. The molecular weight excluding hydrogens is 401 g/mol. The Bertz CT molecular complexity index is 891. The van der Waals surface area contributed by atoms with Crippen molar-refractivity contribution in [2.45, 2.75) is 69.0 Å². The smallest absolute Gasteiger partial charge is 0.300 e. The lowest BCUT2D eigenvalue weighted by atomic mass is 9.80. The summed E-state index contributed by atoms with van der Waals surface area (Å²) in [5.41, 5.74) is 0.936. The molecule has 0 amide bonds. The standard InChI is InChI=1S/C21H27F3N2O2S/c22-21(23,24)18-8-7-17(19(25-18)15-1-2-15)14-3-5-16(6-4-14)26-10-9-20(11-26)12-29(27,28)13-20/h7-8,14-16H,1-6,9-13H2. The average molecular weight is 429 g/mol. The highest BCUT2D eigenvalue weighted by molar-refractivity contribution is 7.92. The number of nitrogens with zero attached hydrogens (tertiary/aromatic N) is 2. The first kappa shape index (κ1) is 19.8. The van der Waals surface area contributed by atoms with Crippen LogP contribution in [0.3, 0.4) is 0 Å². The first-order valence-electron chi connectivity index (χ1n) is 10.7. The lowest BCUT2D eigenvalue weighted by Crippen LogP contribution is -2.51. The third-order valence-corrected chi connectivity index (χ3v) is 9.49. The van der Waals surface area contributed by atoms with Gasteiger partial charge in [0.15, 0.2) is 9.84 Å². The predicted molar refractivity (Wildman–Crippen MR) is 103 cm³/mol. The number of rotatable bonds is 3. The van der Waals surface area contributed by atoms with Crippen LogP contribution in [0.15, 0.2) is 12.1 Å². The molecule has 0 unspecified atom stereocenters. The van der Waals surface area contributed by atoms with Crippen molar-refractivity contribution in [2.24, 2.45) is 5.41 Å². The van der Waals surface area contributed by atoms with Crippen LogP contribution in [0, 0.1) is 5.41 Å². The first-order valence-corrected chi connectivity index (χ1v) is 12.5. The zero-order valence-corrected chi connectivity index (χ0v) is 17.2. The number of aromatic nitrogens is 1. The molecule has 2 saturated heterocycles. The Morgan fingerprint density at radius 2 is 1.66 bits per heavy atom. The molecule has 0 aromatic carbocycles. The Morgan fingerprint density at radius 3 is 2.24 bits per heavy atom. The van der Waals surface area contributed by atoms with Crippen molar-refractivity contribution in [3.05, 3.63) is 29.1 Å². The SMILES string of the molecule is O=S1(=O)CC2(CCN(C3CCC(c4ccc(C(F)(F)F)nc4C4CC4)CC3)C2)C1. The summed E-state index contributed by atoms with van der Waals surface area (Å²) in [6.07, 6.45) is 2.46. The van der Waals surface area contributed by atoms with Crippen LogP contribution in [0.25, 0.3) is 0 Å². The molecule has 5 rings (SSSR count). The summed E-state index contributed by atoms with van der Waals surface area (Å²) < 4.78 is 62.5. The molecule has 0 atom stereocenters. The fourth-order valence-electron chi connectivity index (χ4n) is 5.83. The Balaban J connectivity index is 1.25. The molecule has 29 heavy (non-hydrogen) atoms. The molecule has 1 aromatic rings. The van der Waals surface area contributed by atoms with E-state index in [0.717, 1.165) is 69.7 Å². The van der Waals surface area contributed by atoms with E-state index in [0.29, 0.717) is 23.2 Å². The van der Waals surface area contributed by atoms with E-state index in [1.807, 2.05) is 0 Å². The summed E-state index contributed by atoms with van der Waals surface area (Å²) in [6, 6.07) is 3.30. The minimum atomic E-state index is -4.39. The van der Waals surface area contributed by atoms with Crippen LogP contribution in [0.4, 0.5) is 13.2 Å². The van der Waals surface area contributed by atoms with Crippen molar-refractivity contribution in [3.8, 4) is 0 Å². The first-order chi connectivity index (χ1) is 13.6. The highest BCUT2D eigenvalue weighted by Crippen LogP contribution is 2.48. The summed E-state index contributed by atoms with van der Waals surface area (Å²) in [5, 5.41) is 0. The quantitative estimate of drug-likeness (QED) is 0.727. The van der Waals surface area contributed by atoms with Crippen LogP contribution >= 0.6 is 0 Å². The van der Waals surface area contributed by atoms with Crippen LogP contribution in [0.5, 0.6) is 0 Å². The van der Waals surface area contributed by atoms with Crippen molar-refractivity contribution < 1.29 is 21.6 Å².